The van der Waals surface area contributed by atoms with Gasteiger partial charge in [0.25, 0.3) is 0 Å². The normalized spacial score (nSPS) is 14.8. The van der Waals surface area contributed by atoms with Crippen LogP contribution in [0, 0.1) is 5.82 Å². The fraction of sp³-hybridized carbons (Fsp3) is 0.240. The molecule has 0 bridgehead atoms. The molecule has 2 N–H and O–H groups in total. The number of halogens is 2. The van der Waals surface area contributed by atoms with Crippen LogP contribution in [-0.2, 0) is 0 Å². The lowest BCUT2D eigenvalue weighted by atomic mass is 10.1. The molecule has 3 heterocycles. The van der Waals surface area contributed by atoms with Crippen LogP contribution in [0.3, 0.4) is 0 Å². The molecule has 1 aliphatic heterocycles. The van der Waals surface area contributed by atoms with E-state index in [0.717, 1.165) is 47.0 Å². The molecule has 2 aromatic carbocycles. The van der Waals surface area contributed by atoms with Gasteiger partial charge in [-0.1, -0.05) is 6.07 Å². The van der Waals surface area contributed by atoms with E-state index < -0.39 is 0 Å². The minimum atomic E-state index is -0.337. The lowest BCUT2D eigenvalue weighted by Gasteiger charge is -2.29. The summed E-state index contributed by atoms with van der Waals surface area (Å²) >= 11 is 3.57. The average Bonchev–Trinajstić information content (AvgIpc) is 2.83. The number of hydrogen-bond donors (Lipinski definition) is 2. The van der Waals surface area contributed by atoms with Gasteiger partial charge in [-0.05, 0) is 85.3 Å². The lowest BCUT2D eigenvalue weighted by Crippen LogP contribution is -2.37. The third-order valence-corrected chi connectivity index (χ3v) is 6.34. The number of rotatable bonds is 6. The Morgan fingerprint density at radius 3 is 2.59 bits per heavy atom. The van der Waals surface area contributed by atoms with Crippen LogP contribution in [0.5, 0.6) is 11.5 Å². The highest BCUT2D eigenvalue weighted by molar-refractivity contribution is 9.10. The molecule has 2 aromatic heterocycles. The zero-order valence-electron chi connectivity index (χ0n) is 18.6. The minimum absolute atomic E-state index is 0.335. The van der Waals surface area contributed by atoms with E-state index in [2.05, 4.69) is 43.5 Å². The fourth-order valence-electron chi connectivity index (χ4n) is 3.92. The molecule has 0 saturated carbocycles. The SMILES string of the molecule is CN1CCC(Nc2nc(Nc3ccc(Oc4cccc(F)c4)cc3)c3cncc(Br)c3n2)CC1. The first-order chi connectivity index (χ1) is 16.5. The number of ether oxygens (including phenoxy) is 1. The number of piperidine rings is 1. The van der Waals surface area contributed by atoms with E-state index in [1.54, 1.807) is 24.5 Å². The standard InChI is InChI=1S/C25H24BrFN6O/c1-33-11-9-18(10-12-33)30-25-31-23-21(14-28-15-22(23)26)24(32-25)29-17-5-7-19(8-6-17)34-20-4-2-3-16(27)13-20/h2-8,13-15,18H,9-12H2,1H3,(H2,29,30,31,32). The Labute approximate surface area is 205 Å². The number of benzene rings is 2. The summed E-state index contributed by atoms with van der Waals surface area (Å²) in [4.78, 5) is 16.1. The van der Waals surface area contributed by atoms with Crippen LogP contribution in [0.2, 0.25) is 0 Å². The van der Waals surface area contributed by atoms with Gasteiger partial charge in [0.2, 0.25) is 5.95 Å². The number of hydrogen-bond acceptors (Lipinski definition) is 7. The summed E-state index contributed by atoms with van der Waals surface area (Å²) in [6, 6.07) is 13.8. The first kappa shape index (κ1) is 22.5. The zero-order chi connectivity index (χ0) is 23.5. The molecule has 0 aliphatic carbocycles. The maximum Gasteiger partial charge on any atom is 0.225 e. The van der Waals surface area contributed by atoms with E-state index in [4.69, 9.17) is 14.7 Å². The molecule has 9 heteroatoms. The van der Waals surface area contributed by atoms with Gasteiger partial charge in [-0.3, -0.25) is 4.98 Å². The second-order valence-corrected chi connectivity index (χ2v) is 9.20. The summed E-state index contributed by atoms with van der Waals surface area (Å²) in [6.45, 7) is 2.10. The molecule has 0 spiro atoms. The van der Waals surface area contributed by atoms with Crippen LogP contribution in [0.25, 0.3) is 10.9 Å². The van der Waals surface area contributed by atoms with Crippen molar-refractivity contribution in [2.45, 2.75) is 18.9 Å². The van der Waals surface area contributed by atoms with Crippen LogP contribution in [0.15, 0.2) is 65.4 Å². The van der Waals surface area contributed by atoms with Crippen LogP contribution in [0.4, 0.5) is 21.8 Å². The van der Waals surface area contributed by atoms with Gasteiger partial charge in [-0.15, -0.1) is 0 Å². The molecule has 0 radical (unpaired) electrons. The molecular formula is C25H24BrFN6O. The number of nitrogens with one attached hydrogen (secondary N) is 2. The van der Waals surface area contributed by atoms with Gasteiger partial charge >= 0.3 is 0 Å². The molecule has 1 saturated heterocycles. The minimum Gasteiger partial charge on any atom is -0.457 e. The average molecular weight is 523 g/mol. The van der Waals surface area contributed by atoms with Crippen molar-refractivity contribution in [1.29, 1.82) is 0 Å². The van der Waals surface area contributed by atoms with Crippen molar-refractivity contribution in [3.05, 3.63) is 71.2 Å². The van der Waals surface area contributed by atoms with E-state index in [-0.39, 0.29) is 5.82 Å². The highest BCUT2D eigenvalue weighted by Gasteiger charge is 2.19. The monoisotopic (exact) mass is 522 g/mol. The molecule has 1 aliphatic rings. The lowest BCUT2D eigenvalue weighted by molar-refractivity contribution is 0.263. The number of anilines is 3. The van der Waals surface area contributed by atoms with Crippen LogP contribution in [-0.4, -0.2) is 46.0 Å². The van der Waals surface area contributed by atoms with E-state index >= 15 is 0 Å². The van der Waals surface area contributed by atoms with Gasteiger partial charge in [0.1, 0.15) is 23.1 Å². The number of aromatic nitrogens is 3. The summed E-state index contributed by atoms with van der Waals surface area (Å²) in [5.74, 6) is 1.96. The highest BCUT2D eigenvalue weighted by Crippen LogP contribution is 2.31. The molecule has 1 fully saturated rings. The van der Waals surface area contributed by atoms with E-state index in [0.29, 0.717) is 29.3 Å². The third kappa shape index (κ3) is 5.26. The molecule has 0 unspecified atom stereocenters. The Balaban J connectivity index is 1.38. The van der Waals surface area contributed by atoms with Crippen molar-refractivity contribution >= 4 is 44.3 Å². The first-order valence-corrected chi connectivity index (χ1v) is 11.9. The van der Waals surface area contributed by atoms with Crippen molar-refractivity contribution < 1.29 is 9.13 Å². The van der Waals surface area contributed by atoms with Crippen molar-refractivity contribution in [2.24, 2.45) is 0 Å². The Hall–Kier alpha value is -3.30. The van der Waals surface area contributed by atoms with Crippen LogP contribution in [0.1, 0.15) is 12.8 Å². The van der Waals surface area contributed by atoms with Crippen molar-refractivity contribution in [3.63, 3.8) is 0 Å². The summed E-state index contributed by atoms with van der Waals surface area (Å²) in [6.07, 6.45) is 5.58. The molecule has 0 amide bonds. The molecule has 0 atom stereocenters. The Bertz CT molecular complexity index is 1290. The van der Waals surface area contributed by atoms with Gasteiger partial charge in [0.05, 0.1) is 15.4 Å². The second-order valence-electron chi connectivity index (χ2n) is 8.34. The number of nitrogens with zero attached hydrogens (tertiary/aromatic N) is 4. The van der Waals surface area contributed by atoms with Gasteiger partial charge < -0.3 is 20.3 Å². The van der Waals surface area contributed by atoms with Gasteiger partial charge in [-0.25, -0.2) is 9.37 Å². The van der Waals surface area contributed by atoms with E-state index in [1.807, 2.05) is 24.3 Å². The summed E-state index contributed by atoms with van der Waals surface area (Å²) in [5.41, 5.74) is 1.62. The van der Waals surface area contributed by atoms with E-state index in [9.17, 15) is 4.39 Å². The van der Waals surface area contributed by atoms with Gasteiger partial charge in [0, 0.05) is 30.2 Å². The van der Waals surface area contributed by atoms with Crippen molar-refractivity contribution in [3.8, 4) is 11.5 Å². The van der Waals surface area contributed by atoms with Gasteiger partial charge in [-0.2, -0.15) is 4.98 Å². The first-order valence-electron chi connectivity index (χ1n) is 11.1. The van der Waals surface area contributed by atoms with Crippen molar-refractivity contribution in [1.82, 2.24) is 19.9 Å². The largest absolute Gasteiger partial charge is 0.457 e. The number of likely N-dealkylation sites (tertiary alicyclic amines) is 1. The molecular weight excluding hydrogens is 499 g/mol. The molecule has 34 heavy (non-hydrogen) atoms. The quantitative estimate of drug-likeness (QED) is 0.323. The second kappa shape index (κ2) is 9.90. The smallest absolute Gasteiger partial charge is 0.225 e. The van der Waals surface area contributed by atoms with Crippen LogP contribution >= 0.6 is 15.9 Å². The predicted molar refractivity (Wildman–Crippen MR) is 135 cm³/mol. The Morgan fingerprint density at radius 2 is 1.82 bits per heavy atom. The predicted octanol–water partition coefficient (Wildman–Crippen LogP) is 5.97. The number of pyridine rings is 1. The van der Waals surface area contributed by atoms with Crippen LogP contribution < -0.4 is 15.4 Å². The summed E-state index contributed by atoms with van der Waals surface area (Å²) in [5, 5.41) is 7.70. The molecule has 5 rings (SSSR count). The van der Waals surface area contributed by atoms with Crippen molar-refractivity contribution in [2.75, 3.05) is 30.8 Å². The summed E-state index contributed by atoms with van der Waals surface area (Å²) < 4.78 is 20.0. The summed E-state index contributed by atoms with van der Waals surface area (Å²) in [7, 11) is 2.14. The maximum atomic E-state index is 13.4. The number of fused-ring (bicyclic) bond motifs is 1. The molecule has 4 aromatic rings. The Morgan fingerprint density at radius 1 is 1.03 bits per heavy atom. The molecule has 174 valence electrons. The highest BCUT2D eigenvalue weighted by atomic mass is 79.9. The Kier molecular flexibility index (Phi) is 6.55. The zero-order valence-corrected chi connectivity index (χ0v) is 20.2. The van der Waals surface area contributed by atoms with E-state index in [1.165, 1.54) is 12.1 Å². The third-order valence-electron chi connectivity index (χ3n) is 5.76. The fourth-order valence-corrected chi connectivity index (χ4v) is 4.34. The molecule has 7 nitrogen and oxygen atoms in total. The maximum absolute atomic E-state index is 13.4. The topological polar surface area (TPSA) is 75.2 Å². The van der Waals surface area contributed by atoms with Gasteiger partial charge in [0.15, 0.2) is 0 Å².